The SMILES string of the molecule is COC(=O)C(N)CCC(=O)N1CC(c2ccc(C#N)cc2)C2(C1)C(=O)N(c1cc(Cl)cc(Cl)c1)C(=O)N2C. The van der Waals surface area contributed by atoms with E-state index in [2.05, 4.69) is 10.8 Å². The van der Waals surface area contributed by atoms with Crippen LogP contribution in [0.1, 0.15) is 29.9 Å². The average Bonchev–Trinajstić information content (AvgIpc) is 3.39. The number of urea groups is 1. The third-order valence-corrected chi connectivity index (χ3v) is 7.57. The Balaban J connectivity index is 1.72. The van der Waals surface area contributed by atoms with Crippen molar-refractivity contribution < 1.29 is 23.9 Å². The molecule has 2 aromatic rings. The molecule has 2 saturated heterocycles. The Hall–Kier alpha value is -3.65. The van der Waals surface area contributed by atoms with E-state index in [-0.39, 0.29) is 47.6 Å². The predicted octanol–water partition coefficient (Wildman–Crippen LogP) is 2.91. The highest BCUT2D eigenvalue weighted by Gasteiger charge is 2.64. The molecule has 0 bridgehead atoms. The number of imide groups is 1. The first-order valence-electron chi connectivity index (χ1n) is 11.7. The number of carbonyl (C=O) groups is 4. The molecule has 0 radical (unpaired) electrons. The number of hydrogen-bond donors (Lipinski definition) is 1. The standard InChI is InChI=1S/C26H25Cl2N5O5/c1-31-25(37)33(19-10-17(27)9-18(28)11-19)24(36)26(31)14-32(22(34)8-7-21(30)23(35)38-2)13-20(26)16-5-3-15(12-29)4-6-16/h3-6,9-11,20-21H,7-8,13-14,30H2,1-2H3. The number of ether oxygens (including phenoxy) is 1. The molecule has 4 rings (SSSR count). The van der Waals surface area contributed by atoms with Crippen LogP contribution in [-0.2, 0) is 19.1 Å². The highest BCUT2D eigenvalue weighted by molar-refractivity contribution is 6.35. The van der Waals surface area contributed by atoms with E-state index in [0.29, 0.717) is 11.1 Å². The zero-order valence-electron chi connectivity index (χ0n) is 20.7. The van der Waals surface area contributed by atoms with Gasteiger partial charge in [-0.3, -0.25) is 14.4 Å². The molecule has 0 saturated carbocycles. The molecule has 4 amide bonds. The Bertz CT molecular complexity index is 1320. The number of nitrogens with zero attached hydrogens (tertiary/aromatic N) is 4. The summed E-state index contributed by atoms with van der Waals surface area (Å²) in [6.45, 7) is 0.0571. The van der Waals surface area contributed by atoms with Crippen molar-refractivity contribution in [2.75, 3.05) is 32.1 Å². The van der Waals surface area contributed by atoms with Crippen LogP contribution < -0.4 is 10.6 Å². The molecule has 0 aromatic heterocycles. The lowest BCUT2D eigenvalue weighted by atomic mass is 9.80. The molecule has 38 heavy (non-hydrogen) atoms. The molecule has 2 N–H and O–H groups in total. The number of nitrogens with two attached hydrogens (primary N) is 1. The quantitative estimate of drug-likeness (QED) is 0.425. The predicted molar refractivity (Wildman–Crippen MR) is 140 cm³/mol. The molecule has 10 nitrogen and oxygen atoms in total. The van der Waals surface area contributed by atoms with E-state index in [1.54, 1.807) is 24.3 Å². The van der Waals surface area contributed by atoms with Gasteiger partial charge in [0, 0.05) is 36.0 Å². The fourth-order valence-electron chi connectivity index (χ4n) is 5.10. The zero-order valence-corrected chi connectivity index (χ0v) is 22.2. The number of benzene rings is 2. The number of likely N-dealkylation sites (tertiary alicyclic amines) is 1. The lowest BCUT2D eigenvalue weighted by Gasteiger charge is -2.33. The second kappa shape index (κ2) is 10.6. The average molecular weight is 558 g/mol. The van der Waals surface area contributed by atoms with Crippen LogP contribution in [0.2, 0.25) is 10.0 Å². The first-order valence-corrected chi connectivity index (χ1v) is 12.5. The molecule has 2 heterocycles. The Labute approximate surface area is 229 Å². The molecule has 198 valence electrons. The number of esters is 1. The van der Waals surface area contributed by atoms with Gasteiger partial charge in [-0.25, -0.2) is 9.69 Å². The fraction of sp³-hybridized carbons (Fsp3) is 0.346. The van der Waals surface area contributed by atoms with E-state index in [1.807, 2.05) is 0 Å². The fourth-order valence-corrected chi connectivity index (χ4v) is 5.62. The Morgan fingerprint density at radius 2 is 1.82 bits per heavy atom. The molecule has 2 aromatic carbocycles. The number of nitriles is 1. The van der Waals surface area contributed by atoms with E-state index in [1.165, 1.54) is 42.2 Å². The summed E-state index contributed by atoms with van der Waals surface area (Å²) < 4.78 is 4.63. The number of methoxy groups -OCH3 is 1. The maximum absolute atomic E-state index is 14.1. The summed E-state index contributed by atoms with van der Waals surface area (Å²) in [5.74, 6) is -2.08. The summed E-state index contributed by atoms with van der Waals surface area (Å²) in [6, 6.07) is 11.6. The van der Waals surface area contributed by atoms with Crippen molar-refractivity contribution in [3.63, 3.8) is 0 Å². The molecular formula is C26H25Cl2N5O5. The Morgan fingerprint density at radius 1 is 1.18 bits per heavy atom. The molecule has 1 spiro atoms. The minimum atomic E-state index is -1.43. The molecule has 0 aliphatic carbocycles. The van der Waals surface area contributed by atoms with Gasteiger partial charge in [-0.15, -0.1) is 0 Å². The number of likely N-dealkylation sites (N-methyl/N-ethyl adjacent to an activating group) is 1. The summed E-state index contributed by atoms with van der Waals surface area (Å²) in [7, 11) is 2.73. The monoisotopic (exact) mass is 557 g/mol. The molecule has 3 unspecified atom stereocenters. The van der Waals surface area contributed by atoms with Gasteiger partial charge >= 0.3 is 12.0 Å². The van der Waals surface area contributed by atoms with Crippen molar-refractivity contribution in [2.45, 2.75) is 30.3 Å². The highest BCUT2D eigenvalue weighted by atomic mass is 35.5. The first kappa shape index (κ1) is 27.4. The van der Waals surface area contributed by atoms with Crippen LogP contribution in [-0.4, -0.2) is 72.4 Å². The van der Waals surface area contributed by atoms with Gasteiger partial charge in [0.2, 0.25) is 5.91 Å². The van der Waals surface area contributed by atoms with E-state index < -0.39 is 35.4 Å². The summed E-state index contributed by atoms with van der Waals surface area (Å²) >= 11 is 12.3. The summed E-state index contributed by atoms with van der Waals surface area (Å²) in [6.07, 6.45) is 0.0122. The number of hydrogen-bond acceptors (Lipinski definition) is 7. The number of rotatable bonds is 6. The minimum absolute atomic E-state index is 0.0497. The minimum Gasteiger partial charge on any atom is -0.468 e. The molecule has 2 aliphatic heterocycles. The number of halogens is 2. The smallest absolute Gasteiger partial charge is 0.332 e. The van der Waals surface area contributed by atoms with E-state index >= 15 is 0 Å². The molecular weight excluding hydrogens is 533 g/mol. The van der Waals surface area contributed by atoms with Gasteiger partial charge in [0.1, 0.15) is 11.6 Å². The highest BCUT2D eigenvalue weighted by Crippen LogP contribution is 2.46. The zero-order chi connectivity index (χ0) is 27.8. The van der Waals surface area contributed by atoms with E-state index in [4.69, 9.17) is 28.9 Å². The lowest BCUT2D eigenvalue weighted by molar-refractivity contribution is -0.142. The maximum Gasteiger partial charge on any atom is 0.332 e. The number of amides is 4. The first-order chi connectivity index (χ1) is 18.0. The molecule has 2 fully saturated rings. The lowest BCUT2D eigenvalue weighted by Crippen LogP contribution is -2.54. The van der Waals surface area contributed by atoms with Crippen LogP contribution in [0.5, 0.6) is 0 Å². The van der Waals surface area contributed by atoms with Crippen LogP contribution >= 0.6 is 23.2 Å². The third kappa shape index (κ3) is 4.69. The van der Waals surface area contributed by atoms with Gasteiger partial charge in [0.25, 0.3) is 5.91 Å². The van der Waals surface area contributed by atoms with Crippen LogP contribution in [0.3, 0.4) is 0 Å². The van der Waals surface area contributed by atoms with Crippen molar-refractivity contribution in [2.24, 2.45) is 5.73 Å². The van der Waals surface area contributed by atoms with Crippen molar-refractivity contribution in [3.05, 3.63) is 63.6 Å². The number of anilines is 1. The van der Waals surface area contributed by atoms with E-state index in [0.717, 1.165) is 4.90 Å². The Kier molecular flexibility index (Phi) is 7.65. The van der Waals surface area contributed by atoms with Crippen LogP contribution in [0.4, 0.5) is 10.5 Å². The van der Waals surface area contributed by atoms with Gasteiger partial charge in [0.05, 0.1) is 31.0 Å². The van der Waals surface area contributed by atoms with Crippen molar-refractivity contribution in [1.82, 2.24) is 9.80 Å². The van der Waals surface area contributed by atoms with Crippen molar-refractivity contribution >= 4 is 52.7 Å². The molecule has 12 heteroatoms. The van der Waals surface area contributed by atoms with Gasteiger partial charge in [-0.2, -0.15) is 5.26 Å². The Morgan fingerprint density at radius 3 is 2.39 bits per heavy atom. The van der Waals surface area contributed by atoms with Gasteiger partial charge in [-0.05, 0) is 42.3 Å². The van der Waals surface area contributed by atoms with Crippen LogP contribution in [0.25, 0.3) is 0 Å². The van der Waals surface area contributed by atoms with E-state index in [9.17, 15) is 24.4 Å². The third-order valence-electron chi connectivity index (χ3n) is 7.14. The molecule has 3 atom stereocenters. The summed E-state index contributed by atoms with van der Waals surface area (Å²) in [5.41, 5.74) is 5.70. The summed E-state index contributed by atoms with van der Waals surface area (Å²) in [5, 5.41) is 9.73. The second-order valence-corrected chi connectivity index (χ2v) is 10.1. The molecule has 2 aliphatic rings. The number of carbonyl (C=O) groups excluding carboxylic acids is 4. The second-order valence-electron chi connectivity index (χ2n) is 9.26. The van der Waals surface area contributed by atoms with Gasteiger partial charge in [0.15, 0.2) is 0 Å². The normalized spacial score (nSPS) is 21.7. The van der Waals surface area contributed by atoms with Crippen LogP contribution in [0, 0.1) is 11.3 Å². The van der Waals surface area contributed by atoms with Crippen LogP contribution in [0.15, 0.2) is 42.5 Å². The largest absolute Gasteiger partial charge is 0.468 e. The summed E-state index contributed by atoms with van der Waals surface area (Å²) in [4.78, 5) is 56.4. The topological polar surface area (TPSA) is 137 Å². The van der Waals surface area contributed by atoms with Crippen molar-refractivity contribution in [1.29, 1.82) is 5.26 Å². The van der Waals surface area contributed by atoms with Gasteiger partial charge < -0.3 is 20.3 Å². The van der Waals surface area contributed by atoms with Gasteiger partial charge in [-0.1, -0.05) is 35.3 Å². The van der Waals surface area contributed by atoms with Crippen molar-refractivity contribution in [3.8, 4) is 6.07 Å². The maximum atomic E-state index is 14.1.